The lowest BCUT2D eigenvalue weighted by Gasteiger charge is -2.23. The van der Waals surface area contributed by atoms with Crippen LogP contribution in [0.15, 0.2) is 18.2 Å². The van der Waals surface area contributed by atoms with Crippen molar-refractivity contribution in [3.8, 4) is 0 Å². The van der Waals surface area contributed by atoms with Gasteiger partial charge in [0.15, 0.2) is 0 Å². The summed E-state index contributed by atoms with van der Waals surface area (Å²) < 4.78 is 0. The van der Waals surface area contributed by atoms with E-state index in [0.717, 1.165) is 0 Å². The Morgan fingerprint density at radius 1 is 1.50 bits per heavy atom. The monoisotopic (exact) mass is 280 g/mol. The number of nitrogens with two attached hydrogens (primary N) is 1. The second-order valence-corrected chi connectivity index (χ2v) is 4.87. The van der Waals surface area contributed by atoms with Crippen molar-refractivity contribution in [1.29, 1.82) is 0 Å². The van der Waals surface area contributed by atoms with Gasteiger partial charge in [-0.05, 0) is 25.0 Å². The van der Waals surface area contributed by atoms with Gasteiger partial charge in [-0.2, -0.15) is 0 Å². The second-order valence-electron chi connectivity index (χ2n) is 4.87. The van der Waals surface area contributed by atoms with Gasteiger partial charge in [-0.25, -0.2) is 0 Å². The molecule has 1 rings (SSSR count). The fraction of sp³-hybridized carbons (Fsp3) is 0.462. The summed E-state index contributed by atoms with van der Waals surface area (Å²) in [5.74, 6) is 5.33. The zero-order valence-corrected chi connectivity index (χ0v) is 11.9. The topological polar surface area (TPSA) is 102 Å². The number of amides is 1. The molecule has 0 aliphatic carbocycles. The summed E-state index contributed by atoms with van der Waals surface area (Å²) in [4.78, 5) is 24.4. The molecule has 0 radical (unpaired) electrons. The number of rotatable bonds is 6. The first kappa shape index (κ1) is 15.9. The zero-order valence-electron chi connectivity index (χ0n) is 11.9. The number of carbonyl (C=O) groups excluding carboxylic acids is 1. The SMILES string of the molecule is CCN(CC(C)C)C(=O)c1ccc(NN)c([N+](=O)[O-])c1. The molecule has 0 saturated carbocycles. The third-order valence-electron chi connectivity index (χ3n) is 2.85. The van der Waals surface area contributed by atoms with E-state index < -0.39 is 4.92 Å². The molecule has 0 heterocycles. The second kappa shape index (κ2) is 6.85. The molecule has 110 valence electrons. The Hall–Kier alpha value is -2.15. The van der Waals surface area contributed by atoms with Gasteiger partial charge in [0, 0.05) is 24.7 Å². The van der Waals surface area contributed by atoms with Crippen molar-refractivity contribution in [2.45, 2.75) is 20.8 Å². The lowest BCUT2D eigenvalue weighted by Crippen LogP contribution is -2.34. The van der Waals surface area contributed by atoms with Crippen molar-refractivity contribution in [2.75, 3.05) is 18.5 Å². The van der Waals surface area contributed by atoms with Crippen molar-refractivity contribution in [1.82, 2.24) is 4.90 Å². The number of hydrogen-bond donors (Lipinski definition) is 2. The van der Waals surface area contributed by atoms with Crippen LogP contribution in [0.3, 0.4) is 0 Å². The molecule has 0 saturated heterocycles. The van der Waals surface area contributed by atoms with Crippen LogP contribution in [0.25, 0.3) is 0 Å². The normalized spacial score (nSPS) is 10.4. The molecule has 0 fully saturated rings. The molecule has 1 amide bonds. The molecule has 7 nitrogen and oxygen atoms in total. The van der Waals surface area contributed by atoms with E-state index in [2.05, 4.69) is 5.43 Å². The first-order valence-corrected chi connectivity index (χ1v) is 6.45. The van der Waals surface area contributed by atoms with Crippen LogP contribution in [0.5, 0.6) is 0 Å². The van der Waals surface area contributed by atoms with Crippen LogP contribution in [-0.4, -0.2) is 28.8 Å². The quantitative estimate of drug-likeness (QED) is 0.471. The highest BCUT2D eigenvalue weighted by Gasteiger charge is 2.20. The van der Waals surface area contributed by atoms with E-state index in [1.165, 1.54) is 18.2 Å². The Morgan fingerprint density at radius 3 is 2.60 bits per heavy atom. The summed E-state index contributed by atoms with van der Waals surface area (Å²) >= 11 is 0. The molecule has 20 heavy (non-hydrogen) atoms. The predicted molar refractivity (Wildman–Crippen MR) is 77.3 cm³/mol. The number of nitro benzene ring substituents is 1. The molecule has 7 heteroatoms. The van der Waals surface area contributed by atoms with E-state index in [9.17, 15) is 14.9 Å². The van der Waals surface area contributed by atoms with E-state index in [-0.39, 0.29) is 17.3 Å². The van der Waals surface area contributed by atoms with E-state index >= 15 is 0 Å². The van der Waals surface area contributed by atoms with Crippen LogP contribution >= 0.6 is 0 Å². The van der Waals surface area contributed by atoms with E-state index in [0.29, 0.717) is 24.6 Å². The van der Waals surface area contributed by atoms with Crippen molar-refractivity contribution >= 4 is 17.3 Å². The minimum absolute atomic E-state index is 0.179. The Balaban J connectivity index is 3.09. The molecular formula is C13H20N4O3. The summed E-state index contributed by atoms with van der Waals surface area (Å²) in [7, 11) is 0. The highest BCUT2D eigenvalue weighted by atomic mass is 16.6. The average molecular weight is 280 g/mol. The molecule has 0 bridgehead atoms. The summed E-state index contributed by atoms with van der Waals surface area (Å²) in [5.41, 5.74) is 2.51. The van der Waals surface area contributed by atoms with Gasteiger partial charge >= 0.3 is 0 Å². The van der Waals surface area contributed by atoms with Crippen LogP contribution in [-0.2, 0) is 0 Å². The number of benzene rings is 1. The van der Waals surface area contributed by atoms with Crippen LogP contribution in [0, 0.1) is 16.0 Å². The molecule has 0 unspecified atom stereocenters. The standard InChI is InChI=1S/C13H20N4O3/c1-4-16(8-9(2)3)13(18)10-5-6-11(15-14)12(7-10)17(19)20/h5-7,9,15H,4,8,14H2,1-3H3. The van der Waals surface area contributed by atoms with Crippen molar-refractivity contribution < 1.29 is 9.72 Å². The summed E-state index contributed by atoms with van der Waals surface area (Å²) in [5, 5.41) is 11.0. The Labute approximate surface area is 117 Å². The maximum Gasteiger partial charge on any atom is 0.294 e. The van der Waals surface area contributed by atoms with Gasteiger partial charge in [-0.3, -0.25) is 20.8 Å². The minimum Gasteiger partial charge on any atom is -0.339 e. The average Bonchev–Trinajstić information content (AvgIpc) is 2.42. The van der Waals surface area contributed by atoms with Gasteiger partial charge in [0.05, 0.1) is 4.92 Å². The maximum absolute atomic E-state index is 12.3. The maximum atomic E-state index is 12.3. The number of hydrazine groups is 1. The van der Waals surface area contributed by atoms with Crippen LogP contribution < -0.4 is 11.3 Å². The first-order valence-electron chi connectivity index (χ1n) is 6.45. The highest BCUT2D eigenvalue weighted by Crippen LogP contribution is 2.25. The molecular weight excluding hydrogens is 260 g/mol. The third kappa shape index (κ3) is 3.67. The smallest absolute Gasteiger partial charge is 0.294 e. The van der Waals surface area contributed by atoms with Crippen LogP contribution in [0.1, 0.15) is 31.1 Å². The molecule has 0 aliphatic rings. The molecule has 0 atom stereocenters. The number of nitrogens with zero attached hydrogens (tertiary/aromatic N) is 2. The molecule has 3 N–H and O–H groups in total. The van der Waals surface area contributed by atoms with Gasteiger partial charge in [0.2, 0.25) is 0 Å². The van der Waals surface area contributed by atoms with Gasteiger partial charge in [-0.1, -0.05) is 13.8 Å². The van der Waals surface area contributed by atoms with Gasteiger partial charge in [0.25, 0.3) is 11.6 Å². The lowest BCUT2D eigenvalue weighted by atomic mass is 10.1. The van der Waals surface area contributed by atoms with E-state index in [1.807, 2.05) is 20.8 Å². The number of nitrogen functional groups attached to an aromatic ring is 1. The molecule has 1 aromatic carbocycles. The molecule has 0 aromatic heterocycles. The van der Waals surface area contributed by atoms with Crippen LogP contribution in [0.2, 0.25) is 0 Å². The summed E-state index contributed by atoms with van der Waals surface area (Å²) in [6, 6.07) is 4.22. The number of carbonyl (C=O) groups is 1. The number of nitrogens with one attached hydrogen (secondary N) is 1. The highest BCUT2D eigenvalue weighted by molar-refractivity contribution is 5.95. The fourth-order valence-corrected chi connectivity index (χ4v) is 1.92. The summed E-state index contributed by atoms with van der Waals surface area (Å²) in [6.07, 6.45) is 0. The third-order valence-corrected chi connectivity index (χ3v) is 2.85. The molecule has 0 spiro atoms. The predicted octanol–water partition coefficient (Wildman–Crippen LogP) is 2.00. The minimum atomic E-state index is -0.565. The number of nitro groups is 1. The number of hydrogen-bond acceptors (Lipinski definition) is 5. The van der Waals surface area contributed by atoms with E-state index in [1.54, 1.807) is 4.90 Å². The van der Waals surface area contributed by atoms with Crippen molar-refractivity contribution in [3.05, 3.63) is 33.9 Å². The number of anilines is 1. The zero-order chi connectivity index (χ0) is 15.3. The Kier molecular flexibility index (Phi) is 5.45. The summed E-state index contributed by atoms with van der Waals surface area (Å²) in [6.45, 7) is 7.08. The Morgan fingerprint density at radius 2 is 2.15 bits per heavy atom. The van der Waals surface area contributed by atoms with Crippen molar-refractivity contribution in [3.63, 3.8) is 0 Å². The van der Waals surface area contributed by atoms with E-state index in [4.69, 9.17) is 5.84 Å². The molecule has 0 aliphatic heterocycles. The Bertz CT molecular complexity index is 502. The van der Waals surface area contributed by atoms with Gasteiger partial charge < -0.3 is 10.3 Å². The molecule has 1 aromatic rings. The fourth-order valence-electron chi connectivity index (χ4n) is 1.92. The first-order chi connectivity index (χ1) is 9.40. The largest absolute Gasteiger partial charge is 0.339 e. The lowest BCUT2D eigenvalue weighted by molar-refractivity contribution is -0.384. The van der Waals surface area contributed by atoms with Crippen molar-refractivity contribution in [2.24, 2.45) is 11.8 Å². The van der Waals surface area contributed by atoms with Gasteiger partial charge in [0.1, 0.15) is 5.69 Å². The van der Waals surface area contributed by atoms with Crippen LogP contribution in [0.4, 0.5) is 11.4 Å². The van der Waals surface area contributed by atoms with Gasteiger partial charge in [-0.15, -0.1) is 0 Å².